The van der Waals surface area contributed by atoms with Gasteiger partial charge in [-0.3, -0.25) is 9.69 Å². The van der Waals surface area contributed by atoms with Crippen molar-refractivity contribution in [3.63, 3.8) is 0 Å². The Kier molecular flexibility index (Phi) is 8.94. The molecule has 0 aliphatic rings. The molecule has 3 rings (SSSR count). The number of aromatic nitrogens is 1. The van der Waals surface area contributed by atoms with E-state index >= 15 is 0 Å². The molecular formula is C22H28ClN3O5S. The molecule has 0 aliphatic heterocycles. The SMILES string of the molecule is COc1ccc2nc(N(CCN(C)C)C(=O)c3cc(OC)c(OC)c(OC)c3)sc2c1.Cl. The molecule has 0 radical (unpaired) electrons. The number of hydrogen-bond donors (Lipinski definition) is 0. The van der Waals surface area contributed by atoms with Crippen molar-refractivity contribution < 1.29 is 23.7 Å². The van der Waals surface area contributed by atoms with E-state index < -0.39 is 0 Å². The van der Waals surface area contributed by atoms with Crippen molar-refractivity contribution in [2.24, 2.45) is 0 Å². The Balaban J connectivity index is 0.00000363. The molecule has 32 heavy (non-hydrogen) atoms. The number of rotatable bonds is 9. The van der Waals surface area contributed by atoms with Gasteiger partial charge in [0, 0.05) is 18.7 Å². The number of anilines is 1. The summed E-state index contributed by atoms with van der Waals surface area (Å²) in [7, 11) is 10.1. The zero-order chi connectivity index (χ0) is 22.5. The molecule has 0 unspecified atom stereocenters. The van der Waals surface area contributed by atoms with E-state index in [0.717, 1.165) is 16.0 Å². The third-order valence-electron chi connectivity index (χ3n) is 4.74. The van der Waals surface area contributed by atoms with Crippen LogP contribution in [0, 0.1) is 0 Å². The summed E-state index contributed by atoms with van der Waals surface area (Å²) in [6.45, 7) is 1.15. The van der Waals surface area contributed by atoms with Crippen LogP contribution in [0.25, 0.3) is 10.2 Å². The van der Waals surface area contributed by atoms with E-state index in [1.54, 1.807) is 24.1 Å². The van der Waals surface area contributed by atoms with Crippen molar-refractivity contribution in [2.75, 3.05) is 60.5 Å². The fourth-order valence-corrected chi connectivity index (χ4v) is 4.10. The van der Waals surface area contributed by atoms with E-state index in [-0.39, 0.29) is 18.3 Å². The number of fused-ring (bicyclic) bond motifs is 1. The first-order valence-corrected chi connectivity index (χ1v) is 10.4. The molecule has 1 amide bonds. The molecule has 0 N–H and O–H groups in total. The normalized spacial score (nSPS) is 10.6. The predicted molar refractivity (Wildman–Crippen MR) is 130 cm³/mol. The van der Waals surface area contributed by atoms with Gasteiger partial charge in [-0.1, -0.05) is 11.3 Å². The summed E-state index contributed by atoms with van der Waals surface area (Å²) in [5, 5.41) is 0.615. The lowest BCUT2D eigenvalue weighted by Gasteiger charge is -2.23. The fourth-order valence-electron chi connectivity index (χ4n) is 3.08. The van der Waals surface area contributed by atoms with Crippen LogP contribution in [0.4, 0.5) is 5.13 Å². The highest BCUT2D eigenvalue weighted by atomic mass is 35.5. The minimum atomic E-state index is -0.202. The van der Waals surface area contributed by atoms with Crippen molar-refractivity contribution in [3.8, 4) is 23.0 Å². The van der Waals surface area contributed by atoms with Crippen LogP contribution < -0.4 is 23.8 Å². The third-order valence-corrected chi connectivity index (χ3v) is 5.78. The van der Waals surface area contributed by atoms with Crippen molar-refractivity contribution >= 4 is 45.0 Å². The number of carbonyl (C=O) groups is 1. The summed E-state index contributed by atoms with van der Waals surface area (Å²) in [4.78, 5) is 22.0. The molecule has 0 saturated carbocycles. The number of carbonyl (C=O) groups excluding carboxylic acids is 1. The van der Waals surface area contributed by atoms with Gasteiger partial charge in [-0.2, -0.15) is 0 Å². The maximum Gasteiger partial charge on any atom is 0.260 e. The Bertz CT molecular complexity index is 1050. The van der Waals surface area contributed by atoms with Gasteiger partial charge in [0.2, 0.25) is 5.75 Å². The highest BCUT2D eigenvalue weighted by molar-refractivity contribution is 7.22. The molecule has 0 saturated heterocycles. The lowest BCUT2D eigenvalue weighted by Crippen LogP contribution is -2.36. The maximum absolute atomic E-state index is 13.6. The van der Waals surface area contributed by atoms with Crippen LogP contribution in [-0.2, 0) is 0 Å². The van der Waals surface area contributed by atoms with Crippen LogP contribution in [0.5, 0.6) is 23.0 Å². The van der Waals surface area contributed by atoms with E-state index in [9.17, 15) is 4.79 Å². The van der Waals surface area contributed by atoms with E-state index in [1.807, 2.05) is 37.2 Å². The van der Waals surface area contributed by atoms with E-state index in [0.29, 0.717) is 41.0 Å². The van der Waals surface area contributed by atoms with Gasteiger partial charge in [-0.25, -0.2) is 4.98 Å². The molecule has 3 aromatic rings. The van der Waals surface area contributed by atoms with Gasteiger partial charge in [0.1, 0.15) is 5.75 Å². The Hall–Kier alpha value is -2.75. The van der Waals surface area contributed by atoms with Crippen LogP contribution in [0.2, 0.25) is 0 Å². The first-order valence-electron chi connectivity index (χ1n) is 9.63. The lowest BCUT2D eigenvalue weighted by atomic mass is 10.1. The Morgan fingerprint density at radius 3 is 2.12 bits per heavy atom. The Morgan fingerprint density at radius 1 is 0.938 bits per heavy atom. The molecule has 0 fully saturated rings. The number of thiazole rings is 1. The molecular weight excluding hydrogens is 454 g/mol. The summed E-state index contributed by atoms with van der Waals surface area (Å²) in [6.07, 6.45) is 0. The molecule has 1 aromatic heterocycles. The van der Waals surface area contributed by atoms with Crippen LogP contribution >= 0.6 is 23.7 Å². The summed E-state index contributed by atoms with van der Waals surface area (Å²) >= 11 is 1.45. The Morgan fingerprint density at radius 2 is 1.59 bits per heavy atom. The highest BCUT2D eigenvalue weighted by Gasteiger charge is 2.25. The third kappa shape index (κ3) is 5.35. The van der Waals surface area contributed by atoms with Crippen LogP contribution in [-0.4, -0.2) is 71.4 Å². The summed E-state index contributed by atoms with van der Waals surface area (Å²) in [5.41, 5.74) is 1.23. The van der Waals surface area contributed by atoms with Gasteiger partial charge < -0.3 is 23.8 Å². The fraction of sp³-hybridized carbons (Fsp3) is 0.364. The molecule has 0 atom stereocenters. The minimum Gasteiger partial charge on any atom is -0.497 e. The zero-order valence-corrected chi connectivity index (χ0v) is 20.6. The minimum absolute atomic E-state index is 0. The van der Waals surface area contributed by atoms with Crippen LogP contribution in [0.1, 0.15) is 10.4 Å². The molecule has 10 heteroatoms. The topological polar surface area (TPSA) is 73.4 Å². The number of likely N-dealkylation sites (N-methyl/N-ethyl adjacent to an activating group) is 1. The van der Waals surface area contributed by atoms with Gasteiger partial charge in [-0.05, 0) is 44.4 Å². The molecule has 0 bridgehead atoms. The summed E-state index contributed by atoms with van der Waals surface area (Å²) < 4.78 is 22.5. The average molecular weight is 482 g/mol. The van der Waals surface area contributed by atoms with E-state index in [2.05, 4.69) is 0 Å². The second kappa shape index (κ2) is 11.2. The first-order chi connectivity index (χ1) is 14.9. The molecule has 8 nitrogen and oxygen atoms in total. The molecule has 0 aliphatic carbocycles. The quantitative estimate of drug-likeness (QED) is 0.458. The number of benzene rings is 2. The number of hydrogen-bond acceptors (Lipinski definition) is 8. The zero-order valence-electron chi connectivity index (χ0n) is 19.0. The monoisotopic (exact) mass is 481 g/mol. The smallest absolute Gasteiger partial charge is 0.260 e. The second-order valence-electron chi connectivity index (χ2n) is 7.00. The van der Waals surface area contributed by atoms with E-state index in [1.165, 1.54) is 32.7 Å². The van der Waals surface area contributed by atoms with Crippen molar-refractivity contribution in [3.05, 3.63) is 35.9 Å². The van der Waals surface area contributed by atoms with Gasteiger partial charge in [0.05, 0.1) is 38.7 Å². The molecule has 174 valence electrons. The molecule has 2 aromatic carbocycles. The summed E-state index contributed by atoms with van der Waals surface area (Å²) in [6, 6.07) is 8.98. The van der Waals surface area contributed by atoms with Gasteiger partial charge in [-0.15, -0.1) is 12.4 Å². The number of ether oxygens (including phenoxy) is 4. The average Bonchev–Trinajstić information content (AvgIpc) is 3.20. The predicted octanol–water partition coefficient (Wildman–Crippen LogP) is 3.96. The van der Waals surface area contributed by atoms with Gasteiger partial charge >= 0.3 is 0 Å². The Labute approximate surface area is 198 Å². The number of halogens is 1. The largest absolute Gasteiger partial charge is 0.497 e. The van der Waals surface area contributed by atoms with E-state index in [4.69, 9.17) is 23.9 Å². The number of methoxy groups -OCH3 is 4. The first kappa shape index (κ1) is 25.5. The van der Waals surface area contributed by atoms with Gasteiger partial charge in [0.15, 0.2) is 16.6 Å². The highest BCUT2D eigenvalue weighted by Crippen LogP contribution is 2.39. The van der Waals surface area contributed by atoms with Crippen molar-refractivity contribution in [1.82, 2.24) is 9.88 Å². The molecule has 0 spiro atoms. The van der Waals surface area contributed by atoms with Crippen molar-refractivity contribution in [1.29, 1.82) is 0 Å². The number of amides is 1. The maximum atomic E-state index is 13.6. The standard InChI is InChI=1S/C22H27N3O5S.ClH/c1-24(2)9-10-25(22-23-16-8-7-15(27-3)13-19(16)31-22)21(26)14-11-17(28-4)20(30-6)18(12-14)29-5;/h7-8,11-13H,9-10H2,1-6H3;1H. The second-order valence-corrected chi connectivity index (χ2v) is 8.01. The van der Waals surface area contributed by atoms with Crippen LogP contribution in [0.3, 0.4) is 0 Å². The molecule has 1 heterocycles. The summed E-state index contributed by atoms with van der Waals surface area (Å²) in [5.74, 6) is 1.83. The number of nitrogens with zero attached hydrogens (tertiary/aromatic N) is 3. The van der Waals surface area contributed by atoms with Crippen molar-refractivity contribution in [2.45, 2.75) is 0 Å². The van der Waals surface area contributed by atoms with Gasteiger partial charge in [0.25, 0.3) is 5.91 Å². The van der Waals surface area contributed by atoms with Crippen LogP contribution in [0.15, 0.2) is 30.3 Å². The lowest BCUT2D eigenvalue weighted by molar-refractivity contribution is 0.0984.